The highest BCUT2D eigenvalue weighted by Crippen LogP contribution is 2.32. The molecule has 2 saturated heterocycles. The molecule has 0 aromatic heterocycles. The molecule has 0 radical (unpaired) electrons. The number of morpholine rings is 1. The van der Waals surface area contributed by atoms with Crippen LogP contribution in [0.4, 0.5) is 5.69 Å². The summed E-state index contributed by atoms with van der Waals surface area (Å²) in [6, 6.07) is 7.37. The maximum absolute atomic E-state index is 12.7. The Bertz CT molecular complexity index is 688. The average Bonchev–Trinajstić information content (AvgIpc) is 2.81. The Kier molecular flexibility index (Phi) is 6.02. The standard InChI is InChI=1S/C17H19IN2O3S2/c1-10-8-19(9-11(2)23-10)17(24)25-14-7-15(21)20(16(14)22)13-5-3-12(18)4-6-13/h3-6,10-11,14H,7-9H2,1-2H3/t10-,11+,14-/m1/s1. The second kappa shape index (κ2) is 7.89. The van der Waals surface area contributed by atoms with Crippen LogP contribution in [0.25, 0.3) is 0 Å². The summed E-state index contributed by atoms with van der Waals surface area (Å²) in [6.07, 6.45) is 0.392. The first kappa shape index (κ1) is 19.1. The number of nitrogens with zero attached hydrogens (tertiary/aromatic N) is 2. The van der Waals surface area contributed by atoms with E-state index in [9.17, 15) is 9.59 Å². The zero-order valence-corrected chi connectivity index (χ0v) is 17.8. The zero-order valence-electron chi connectivity index (χ0n) is 14.0. The van der Waals surface area contributed by atoms with Crippen molar-refractivity contribution >= 4 is 68.4 Å². The smallest absolute Gasteiger partial charge is 0.247 e. The van der Waals surface area contributed by atoms with Crippen molar-refractivity contribution in [3.63, 3.8) is 0 Å². The van der Waals surface area contributed by atoms with E-state index in [0.29, 0.717) is 23.1 Å². The van der Waals surface area contributed by atoms with Crippen LogP contribution < -0.4 is 4.90 Å². The molecule has 1 aromatic rings. The highest BCUT2D eigenvalue weighted by molar-refractivity contribution is 14.1. The molecular weight excluding hydrogens is 471 g/mol. The molecule has 2 aliphatic heterocycles. The van der Waals surface area contributed by atoms with Crippen LogP contribution in [-0.4, -0.2) is 51.6 Å². The van der Waals surface area contributed by atoms with E-state index in [0.717, 1.165) is 3.57 Å². The molecule has 134 valence electrons. The van der Waals surface area contributed by atoms with Crippen LogP contribution in [0, 0.1) is 3.57 Å². The maximum Gasteiger partial charge on any atom is 0.247 e. The summed E-state index contributed by atoms with van der Waals surface area (Å²) in [5, 5.41) is -0.451. The number of amides is 2. The number of benzene rings is 1. The first-order valence-electron chi connectivity index (χ1n) is 8.08. The predicted molar refractivity (Wildman–Crippen MR) is 112 cm³/mol. The quantitative estimate of drug-likeness (QED) is 0.361. The molecule has 8 heteroatoms. The maximum atomic E-state index is 12.7. The van der Waals surface area contributed by atoms with Gasteiger partial charge < -0.3 is 9.64 Å². The number of rotatable bonds is 2. The molecule has 2 aliphatic rings. The van der Waals surface area contributed by atoms with Gasteiger partial charge in [0.05, 0.1) is 17.9 Å². The number of carbonyl (C=O) groups excluding carboxylic acids is 2. The first-order valence-corrected chi connectivity index (χ1v) is 10.4. The lowest BCUT2D eigenvalue weighted by Crippen LogP contribution is -2.47. The fourth-order valence-electron chi connectivity index (χ4n) is 3.08. The molecule has 3 rings (SSSR count). The Labute approximate surface area is 170 Å². The van der Waals surface area contributed by atoms with Crippen LogP contribution in [0.5, 0.6) is 0 Å². The van der Waals surface area contributed by atoms with E-state index in [2.05, 4.69) is 27.5 Å². The van der Waals surface area contributed by atoms with Gasteiger partial charge in [-0.05, 0) is 60.7 Å². The van der Waals surface area contributed by atoms with Gasteiger partial charge in [-0.1, -0.05) is 24.0 Å². The van der Waals surface area contributed by atoms with Crippen molar-refractivity contribution in [2.24, 2.45) is 0 Å². The molecule has 0 spiro atoms. The minimum Gasteiger partial charge on any atom is -0.372 e. The van der Waals surface area contributed by atoms with Gasteiger partial charge in [-0.3, -0.25) is 9.59 Å². The van der Waals surface area contributed by atoms with Gasteiger partial charge >= 0.3 is 0 Å². The molecule has 2 amide bonds. The second-order valence-electron chi connectivity index (χ2n) is 6.28. The van der Waals surface area contributed by atoms with Gasteiger partial charge in [-0.25, -0.2) is 4.90 Å². The van der Waals surface area contributed by atoms with E-state index in [1.165, 1.54) is 16.7 Å². The number of hydrogen-bond donors (Lipinski definition) is 0. The zero-order chi connectivity index (χ0) is 18.1. The average molecular weight is 490 g/mol. The first-order chi connectivity index (χ1) is 11.8. The Hall–Kier alpha value is -0.710. The second-order valence-corrected chi connectivity index (χ2v) is 9.36. The third-order valence-electron chi connectivity index (χ3n) is 4.11. The highest BCUT2D eigenvalue weighted by atomic mass is 127. The Morgan fingerprint density at radius 2 is 1.80 bits per heavy atom. The Balaban J connectivity index is 1.68. The van der Waals surface area contributed by atoms with E-state index in [-0.39, 0.29) is 30.4 Å². The number of imide groups is 1. The van der Waals surface area contributed by atoms with Crippen LogP contribution in [0.3, 0.4) is 0 Å². The molecule has 25 heavy (non-hydrogen) atoms. The number of anilines is 1. The van der Waals surface area contributed by atoms with Crippen molar-refractivity contribution < 1.29 is 14.3 Å². The minimum atomic E-state index is -0.451. The molecule has 0 unspecified atom stereocenters. The topological polar surface area (TPSA) is 49.9 Å². The van der Waals surface area contributed by atoms with E-state index >= 15 is 0 Å². The van der Waals surface area contributed by atoms with E-state index in [1.54, 1.807) is 12.1 Å². The predicted octanol–water partition coefficient (Wildman–Crippen LogP) is 3.05. The Morgan fingerprint density at radius 3 is 2.40 bits per heavy atom. The molecule has 5 nitrogen and oxygen atoms in total. The van der Waals surface area contributed by atoms with Gasteiger partial charge in [0.25, 0.3) is 0 Å². The highest BCUT2D eigenvalue weighted by Gasteiger charge is 2.41. The van der Waals surface area contributed by atoms with Crippen molar-refractivity contribution in [2.75, 3.05) is 18.0 Å². The van der Waals surface area contributed by atoms with Gasteiger partial charge in [-0.2, -0.15) is 0 Å². The van der Waals surface area contributed by atoms with Gasteiger partial charge in [0, 0.05) is 23.1 Å². The van der Waals surface area contributed by atoms with Gasteiger partial charge in [0.15, 0.2) is 0 Å². The van der Waals surface area contributed by atoms with Crippen LogP contribution in [0.15, 0.2) is 24.3 Å². The molecule has 3 atom stereocenters. The van der Waals surface area contributed by atoms with Crippen molar-refractivity contribution in [1.82, 2.24) is 4.90 Å². The number of ether oxygens (including phenoxy) is 1. The third-order valence-corrected chi connectivity index (χ3v) is 6.49. The van der Waals surface area contributed by atoms with Gasteiger partial charge in [0.2, 0.25) is 11.8 Å². The van der Waals surface area contributed by atoms with Crippen molar-refractivity contribution in [2.45, 2.75) is 37.7 Å². The normalized spacial score (nSPS) is 27.1. The summed E-state index contributed by atoms with van der Waals surface area (Å²) < 4.78 is 7.44. The van der Waals surface area contributed by atoms with E-state index < -0.39 is 5.25 Å². The van der Waals surface area contributed by atoms with Gasteiger partial charge in [0.1, 0.15) is 9.57 Å². The monoisotopic (exact) mass is 490 g/mol. The van der Waals surface area contributed by atoms with E-state index in [1.807, 2.05) is 26.0 Å². The van der Waals surface area contributed by atoms with Crippen molar-refractivity contribution in [3.05, 3.63) is 27.8 Å². The lowest BCUT2D eigenvalue weighted by Gasteiger charge is -2.36. The molecule has 0 bridgehead atoms. The Morgan fingerprint density at radius 1 is 1.20 bits per heavy atom. The molecule has 0 aliphatic carbocycles. The SMILES string of the molecule is C[C@@H]1CN(C(=S)S[C@@H]2CC(=O)N(c3ccc(I)cc3)C2=O)C[C@H](C)O1. The lowest BCUT2D eigenvalue weighted by molar-refractivity contribution is -0.121. The minimum absolute atomic E-state index is 0.103. The molecule has 1 aromatic carbocycles. The molecule has 2 heterocycles. The summed E-state index contributed by atoms with van der Waals surface area (Å²) in [7, 11) is 0. The lowest BCUT2D eigenvalue weighted by atomic mass is 10.2. The molecule has 0 saturated carbocycles. The summed E-state index contributed by atoms with van der Waals surface area (Å²) in [6.45, 7) is 5.45. The largest absolute Gasteiger partial charge is 0.372 e. The number of halogens is 1. The van der Waals surface area contributed by atoms with Crippen molar-refractivity contribution in [3.8, 4) is 0 Å². The van der Waals surface area contributed by atoms with Crippen molar-refractivity contribution in [1.29, 1.82) is 0 Å². The number of hydrogen-bond acceptors (Lipinski definition) is 5. The fraction of sp³-hybridized carbons (Fsp3) is 0.471. The van der Waals surface area contributed by atoms with Crippen LogP contribution in [0.2, 0.25) is 0 Å². The third kappa shape index (κ3) is 4.35. The summed E-state index contributed by atoms with van der Waals surface area (Å²) >= 11 is 9.04. The summed E-state index contributed by atoms with van der Waals surface area (Å²) in [5.74, 6) is -0.358. The van der Waals surface area contributed by atoms with Gasteiger partial charge in [-0.15, -0.1) is 0 Å². The molecule has 0 N–H and O–H groups in total. The molecular formula is C17H19IN2O3S2. The number of carbonyl (C=O) groups is 2. The number of thioether (sulfide) groups is 1. The van der Waals surface area contributed by atoms with Crippen LogP contribution >= 0.6 is 46.6 Å². The van der Waals surface area contributed by atoms with Crippen LogP contribution in [-0.2, 0) is 14.3 Å². The summed E-state index contributed by atoms with van der Waals surface area (Å²) in [4.78, 5) is 28.4. The van der Waals surface area contributed by atoms with E-state index in [4.69, 9.17) is 17.0 Å². The molecule has 2 fully saturated rings. The fourth-order valence-corrected chi connectivity index (χ4v) is 4.91. The summed E-state index contributed by atoms with van der Waals surface area (Å²) in [5.41, 5.74) is 0.623. The number of thiocarbonyl (C=S) groups is 1. The van der Waals surface area contributed by atoms with Crippen LogP contribution in [0.1, 0.15) is 20.3 Å².